The molecule has 1 N–H and O–H groups in total. The molecule has 1 heterocycles. The lowest BCUT2D eigenvalue weighted by molar-refractivity contribution is 0.482. The van der Waals surface area contributed by atoms with Crippen molar-refractivity contribution in [2.45, 2.75) is 64.2 Å². The third-order valence-corrected chi connectivity index (χ3v) is 9.03. The molecule has 0 aromatic rings. The molecule has 0 aromatic heterocycles. The maximum Gasteiger partial charge on any atom is 0.264 e. The summed E-state index contributed by atoms with van der Waals surface area (Å²) >= 11 is 0. The fourth-order valence-electron chi connectivity index (χ4n) is 1.93. The smallest absolute Gasteiger partial charge is 0.264 e. The Hall–Kier alpha value is 0.127. The molecule has 0 bridgehead atoms. The lowest BCUT2D eigenvalue weighted by Crippen LogP contribution is -2.33. The zero-order valence-corrected chi connectivity index (χ0v) is 12.8. The third-order valence-electron chi connectivity index (χ3n) is 3.50. The van der Waals surface area contributed by atoms with Gasteiger partial charge in [0.15, 0.2) is 0 Å². The van der Waals surface area contributed by atoms with E-state index in [2.05, 4.69) is 20.0 Å². The molecule has 16 heavy (non-hydrogen) atoms. The van der Waals surface area contributed by atoms with Crippen LogP contribution in [-0.2, 0) is 10.1 Å². The summed E-state index contributed by atoms with van der Waals surface area (Å²) < 4.78 is 27.6. The predicted octanol–water partition coefficient (Wildman–Crippen LogP) is 3.55. The van der Waals surface area contributed by atoms with Gasteiger partial charge in [-0.15, -0.1) is 0 Å². The van der Waals surface area contributed by atoms with Crippen LogP contribution in [-0.4, -0.2) is 26.8 Å². The highest BCUT2D eigenvalue weighted by molar-refractivity contribution is 7.85. The van der Waals surface area contributed by atoms with Gasteiger partial charge < -0.3 is 0 Å². The molecule has 0 saturated carbocycles. The molecular formula is C11H26O3SSi. The second-order valence-electron chi connectivity index (χ2n) is 5.42. The van der Waals surface area contributed by atoms with Gasteiger partial charge in [-0.3, -0.25) is 4.55 Å². The van der Waals surface area contributed by atoms with Crippen molar-refractivity contribution in [3.05, 3.63) is 0 Å². The van der Waals surface area contributed by atoms with Crippen molar-refractivity contribution in [1.29, 1.82) is 0 Å². The van der Waals surface area contributed by atoms with Crippen LogP contribution in [0.1, 0.15) is 39.5 Å². The average Bonchev–Trinajstić information content (AvgIpc) is 2.09. The van der Waals surface area contributed by atoms with E-state index in [4.69, 9.17) is 4.55 Å². The number of hydrogen-bond donors (Lipinski definition) is 1. The van der Waals surface area contributed by atoms with Crippen LogP contribution in [0.3, 0.4) is 0 Å². The summed E-state index contributed by atoms with van der Waals surface area (Å²) in [4.78, 5) is 0. The fourth-order valence-corrected chi connectivity index (χ4v) is 5.08. The van der Waals surface area contributed by atoms with Crippen LogP contribution in [0.15, 0.2) is 0 Å². The second-order valence-corrected chi connectivity index (χ2v) is 12.5. The fraction of sp³-hybridized carbons (Fsp3) is 1.00. The van der Waals surface area contributed by atoms with Crippen LogP contribution in [0.5, 0.6) is 0 Å². The number of hydrogen-bond acceptors (Lipinski definition) is 2. The van der Waals surface area contributed by atoms with Gasteiger partial charge in [0.1, 0.15) is 0 Å². The van der Waals surface area contributed by atoms with Crippen LogP contribution in [0.2, 0.25) is 24.7 Å². The number of rotatable bonds is 2. The van der Waals surface area contributed by atoms with E-state index in [-0.39, 0.29) is 5.75 Å². The summed E-state index contributed by atoms with van der Waals surface area (Å²) in [5, 5.41) is 0. The Labute approximate surface area is 101 Å². The zero-order chi connectivity index (χ0) is 12.8. The van der Waals surface area contributed by atoms with E-state index >= 15 is 0 Å². The molecule has 1 aliphatic rings. The van der Waals surface area contributed by atoms with Gasteiger partial charge in [0, 0.05) is 0 Å². The highest BCUT2D eigenvalue weighted by Gasteiger charge is 2.30. The molecule has 3 nitrogen and oxygen atoms in total. The van der Waals surface area contributed by atoms with Gasteiger partial charge in [-0.05, 0) is 12.0 Å². The van der Waals surface area contributed by atoms with Gasteiger partial charge >= 0.3 is 0 Å². The summed E-state index contributed by atoms with van der Waals surface area (Å²) in [5.74, 6) is -0.132. The molecule has 0 radical (unpaired) electrons. The van der Waals surface area contributed by atoms with Crippen molar-refractivity contribution < 1.29 is 13.0 Å². The van der Waals surface area contributed by atoms with Gasteiger partial charge in [0.2, 0.25) is 0 Å². The van der Waals surface area contributed by atoms with E-state index in [1.807, 2.05) is 0 Å². The monoisotopic (exact) mass is 266 g/mol. The van der Waals surface area contributed by atoms with Crippen molar-refractivity contribution in [1.82, 2.24) is 0 Å². The molecule has 0 amide bonds. The predicted molar refractivity (Wildman–Crippen MR) is 72.3 cm³/mol. The van der Waals surface area contributed by atoms with Gasteiger partial charge in [-0.25, -0.2) is 0 Å². The molecule has 1 rings (SSSR count). The van der Waals surface area contributed by atoms with E-state index in [1.165, 1.54) is 19.3 Å². The zero-order valence-electron chi connectivity index (χ0n) is 11.0. The Morgan fingerprint density at radius 3 is 2.06 bits per heavy atom. The summed E-state index contributed by atoms with van der Waals surface area (Å²) in [7, 11) is -4.37. The van der Waals surface area contributed by atoms with Gasteiger partial charge in [0.25, 0.3) is 10.1 Å². The van der Waals surface area contributed by atoms with Gasteiger partial charge in [-0.1, -0.05) is 52.2 Å². The highest BCUT2D eigenvalue weighted by atomic mass is 32.2. The van der Waals surface area contributed by atoms with Crippen molar-refractivity contribution in [2.24, 2.45) is 0 Å². The van der Waals surface area contributed by atoms with E-state index in [0.717, 1.165) is 5.54 Å². The molecule has 98 valence electrons. The summed E-state index contributed by atoms with van der Waals surface area (Å²) in [6.07, 6.45) is 5.00. The van der Waals surface area contributed by atoms with E-state index in [9.17, 15) is 8.42 Å². The first-order chi connectivity index (χ1) is 7.19. The first-order valence-electron chi connectivity index (χ1n) is 6.14. The molecule has 0 aromatic carbocycles. The van der Waals surface area contributed by atoms with Crippen molar-refractivity contribution in [3.63, 3.8) is 0 Å². The third kappa shape index (κ3) is 7.41. The quantitative estimate of drug-likeness (QED) is 0.614. The molecule has 1 fully saturated rings. The minimum atomic E-state index is -3.67. The van der Waals surface area contributed by atoms with Gasteiger partial charge in [-0.2, -0.15) is 8.42 Å². The normalized spacial score (nSPS) is 24.4. The van der Waals surface area contributed by atoms with Crippen molar-refractivity contribution in [3.8, 4) is 0 Å². The summed E-state index contributed by atoms with van der Waals surface area (Å²) in [5.41, 5.74) is 1.09. The van der Waals surface area contributed by atoms with Crippen LogP contribution >= 0.6 is 0 Å². The molecule has 5 heteroatoms. The van der Waals surface area contributed by atoms with Crippen LogP contribution in [0, 0.1) is 0 Å². The Bertz CT molecular complexity index is 286. The molecule has 1 saturated heterocycles. The van der Waals surface area contributed by atoms with Crippen molar-refractivity contribution >= 4 is 18.2 Å². The topological polar surface area (TPSA) is 54.4 Å². The molecule has 1 aliphatic heterocycles. The van der Waals surface area contributed by atoms with Crippen LogP contribution < -0.4 is 0 Å². The minimum absolute atomic E-state index is 0.132. The molecule has 1 atom stereocenters. The minimum Gasteiger partial charge on any atom is -0.286 e. The largest absolute Gasteiger partial charge is 0.286 e. The highest BCUT2D eigenvalue weighted by Crippen LogP contribution is 2.36. The Kier molecular flexibility index (Phi) is 6.82. The SMILES string of the molecule is CC1CCCC[Si]1(C)C.CCCS(=O)(=O)O. The van der Waals surface area contributed by atoms with Crippen LogP contribution in [0.4, 0.5) is 0 Å². The molecular weight excluding hydrogens is 240 g/mol. The Morgan fingerprint density at radius 2 is 1.88 bits per heavy atom. The Balaban J connectivity index is 0.000000293. The van der Waals surface area contributed by atoms with E-state index in [0.29, 0.717) is 6.42 Å². The lowest BCUT2D eigenvalue weighted by Gasteiger charge is -2.34. The maximum atomic E-state index is 9.79. The molecule has 0 spiro atoms. The van der Waals surface area contributed by atoms with Crippen LogP contribution in [0.25, 0.3) is 0 Å². The van der Waals surface area contributed by atoms with E-state index < -0.39 is 18.2 Å². The standard InChI is InChI=1S/C8H18Si.C3H8O3S/c1-8-6-4-5-7-9(8,2)3;1-2-3-7(4,5)6/h8H,4-7H2,1-3H3;2-3H2,1H3,(H,4,5,6). The maximum absolute atomic E-state index is 9.79. The lowest BCUT2D eigenvalue weighted by atomic mass is 10.2. The average molecular weight is 266 g/mol. The first-order valence-corrected chi connectivity index (χ1v) is 11.0. The van der Waals surface area contributed by atoms with E-state index in [1.54, 1.807) is 13.0 Å². The summed E-state index contributed by atoms with van der Waals surface area (Å²) in [6, 6.07) is 1.58. The first kappa shape index (κ1) is 16.1. The summed E-state index contributed by atoms with van der Waals surface area (Å²) in [6.45, 7) is 9.22. The Morgan fingerprint density at radius 1 is 1.31 bits per heavy atom. The second kappa shape index (κ2) is 6.76. The molecule has 1 unspecified atom stereocenters. The van der Waals surface area contributed by atoms with Gasteiger partial charge in [0.05, 0.1) is 13.8 Å². The van der Waals surface area contributed by atoms with Crippen molar-refractivity contribution in [2.75, 3.05) is 5.75 Å². The molecule has 0 aliphatic carbocycles.